The minimum atomic E-state index is -0.0376. The molecular formula is C36H48N2O2. The normalized spacial score (nSPS) is 16.9. The number of methoxy groups -OCH3 is 1. The molecule has 1 N–H and O–H groups in total. The molecule has 1 heterocycles. The van der Waals surface area contributed by atoms with E-state index in [0.717, 1.165) is 50.2 Å². The van der Waals surface area contributed by atoms with Crippen LogP contribution in [0.25, 0.3) is 0 Å². The third-order valence-electron chi connectivity index (χ3n) is 8.29. The van der Waals surface area contributed by atoms with E-state index in [1.165, 1.54) is 41.5 Å². The first-order valence-corrected chi connectivity index (χ1v) is 15.1. The largest absolute Gasteiger partial charge is 0.497 e. The molecule has 4 heteroatoms. The topological polar surface area (TPSA) is 41.6 Å². The average molecular weight is 541 g/mol. The predicted octanol–water partition coefficient (Wildman–Crippen LogP) is 8.11. The molecule has 4 nitrogen and oxygen atoms in total. The van der Waals surface area contributed by atoms with Crippen molar-refractivity contribution in [1.29, 1.82) is 0 Å². The molecule has 0 aromatic heterocycles. The molecule has 0 saturated carbocycles. The van der Waals surface area contributed by atoms with E-state index in [0.29, 0.717) is 5.92 Å². The van der Waals surface area contributed by atoms with Crippen molar-refractivity contribution in [2.75, 3.05) is 20.2 Å². The van der Waals surface area contributed by atoms with Gasteiger partial charge >= 0.3 is 0 Å². The Kier molecular flexibility index (Phi) is 10.4. The van der Waals surface area contributed by atoms with E-state index >= 15 is 0 Å². The van der Waals surface area contributed by atoms with Gasteiger partial charge in [-0.3, -0.25) is 9.69 Å². The summed E-state index contributed by atoms with van der Waals surface area (Å²) in [5, 5.41) is 3.47. The number of carbonyl (C=O) groups is 1. The quantitative estimate of drug-likeness (QED) is 0.250. The number of hydrogen-bond donors (Lipinski definition) is 1. The lowest BCUT2D eigenvalue weighted by atomic mass is 9.83. The van der Waals surface area contributed by atoms with Crippen LogP contribution in [0.4, 0.5) is 0 Å². The van der Waals surface area contributed by atoms with Gasteiger partial charge in [0.25, 0.3) is 5.91 Å². The molecule has 1 aliphatic heterocycles. The van der Waals surface area contributed by atoms with E-state index in [2.05, 4.69) is 86.4 Å². The Morgan fingerprint density at radius 1 is 0.950 bits per heavy atom. The second-order valence-electron chi connectivity index (χ2n) is 12.5. The summed E-state index contributed by atoms with van der Waals surface area (Å²) in [6.07, 6.45) is 6.96. The highest BCUT2D eigenvalue weighted by atomic mass is 16.5. The predicted molar refractivity (Wildman–Crippen MR) is 166 cm³/mol. The molecular weight excluding hydrogens is 492 g/mol. The first-order chi connectivity index (χ1) is 19.3. The number of ether oxygens (including phenoxy) is 1. The third kappa shape index (κ3) is 8.20. The van der Waals surface area contributed by atoms with Crippen LogP contribution in [-0.2, 0) is 18.4 Å². The molecule has 1 aliphatic rings. The van der Waals surface area contributed by atoms with Crippen LogP contribution in [-0.4, -0.2) is 31.0 Å². The Balaban J connectivity index is 1.51. The number of benzene rings is 3. The van der Waals surface area contributed by atoms with Gasteiger partial charge in [-0.2, -0.15) is 0 Å². The van der Waals surface area contributed by atoms with E-state index in [1.54, 1.807) is 7.11 Å². The zero-order chi connectivity index (χ0) is 28.5. The number of nitrogens with one attached hydrogen (secondary N) is 1. The molecule has 0 aliphatic carbocycles. The standard InChI is InChI=1S/C36H48N2O2/c1-6-7-8-10-27-12-16-30(17-13-27)35(39)37-34(29-18-20-32(21-19-29)36(2,3)4)31-11-9-24-38(26-31)25-28-14-22-33(40-5)23-15-28/h12-23,31,34H,6-11,24-26H2,1-5H3,(H,37,39). The second kappa shape index (κ2) is 14.0. The highest BCUT2D eigenvalue weighted by molar-refractivity contribution is 5.94. The van der Waals surface area contributed by atoms with Crippen molar-refractivity contribution < 1.29 is 9.53 Å². The molecule has 1 saturated heterocycles. The third-order valence-corrected chi connectivity index (χ3v) is 8.29. The number of nitrogens with zero attached hydrogens (tertiary/aromatic N) is 1. The van der Waals surface area contributed by atoms with Gasteiger partial charge in [0.2, 0.25) is 0 Å². The van der Waals surface area contributed by atoms with Crippen molar-refractivity contribution >= 4 is 5.91 Å². The maximum Gasteiger partial charge on any atom is 0.251 e. The highest BCUT2D eigenvalue weighted by Crippen LogP contribution is 2.33. The van der Waals surface area contributed by atoms with Crippen molar-refractivity contribution in [3.05, 3.63) is 101 Å². The molecule has 4 rings (SSSR count). The maximum atomic E-state index is 13.6. The fraction of sp³-hybridized carbons (Fsp3) is 0.472. The molecule has 3 aromatic carbocycles. The summed E-state index contributed by atoms with van der Waals surface area (Å²) < 4.78 is 5.33. The molecule has 3 aromatic rings. The van der Waals surface area contributed by atoms with Crippen LogP contribution in [0, 0.1) is 5.92 Å². The summed E-state index contributed by atoms with van der Waals surface area (Å²) in [6, 6.07) is 25.5. The van der Waals surface area contributed by atoms with Crippen molar-refractivity contribution in [3.8, 4) is 5.75 Å². The first kappa shape index (κ1) is 29.9. The lowest BCUT2D eigenvalue weighted by Gasteiger charge is -2.38. The molecule has 0 spiro atoms. The summed E-state index contributed by atoms with van der Waals surface area (Å²) in [4.78, 5) is 16.1. The Bertz CT molecular complexity index is 1190. The van der Waals surface area contributed by atoms with Gasteiger partial charge in [0, 0.05) is 18.7 Å². The van der Waals surface area contributed by atoms with E-state index < -0.39 is 0 Å². The minimum absolute atomic E-state index is 0.0114. The van der Waals surface area contributed by atoms with Crippen LogP contribution < -0.4 is 10.1 Å². The minimum Gasteiger partial charge on any atom is -0.497 e. The van der Waals surface area contributed by atoms with Crippen LogP contribution in [0.3, 0.4) is 0 Å². The lowest BCUT2D eigenvalue weighted by molar-refractivity contribution is 0.0878. The fourth-order valence-corrected chi connectivity index (χ4v) is 5.79. The van der Waals surface area contributed by atoms with E-state index in [-0.39, 0.29) is 17.4 Å². The number of hydrogen-bond acceptors (Lipinski definition) is 3. The number of rotatable bonds is 11. The van der Waals surface area contributed by atoms with Gasteiger partial charge in [0.05, 0.1) is 13.2 Å². The Labute approximate surface area is 242 Å². The number of unbranched alkanes of at least 4 members (excludes halogenated alkanes) is 2. The monoisotopic (exact) mass is 540 g/mol. The molecule has 1 amide bonds. The average Bonchev–Trinajstić information content (AvgIpc) is 2.96. The van der Waals surface area contributed by atoms with Gasteiger partial charge < -0.3 is 10.1 Å². The summed E-state index contributed by atoms with van der Waals surface area (Å²) in [7, 11) is 1.70. The summed E-state index contributed by atoms with van der Waals surface area (Å²) in [5.41, 5.74) is 5.92. The molecule has 40 heavy (non-hydrogen) atoms. The number of aryl methyl sites for hydroxylation is 1. The number of piperidine rings is 1. The first-order valence-electron chi connectivity index (χ1n) is 15.1. The SMILES string of the molecule is CCCCCc1ccc(C(=O)NC(c2ccc(C(C)(C)C)cc2)C2CCCN(Cc3ccc(OC)cc3)C2)cc1. The Morgan fingerprint density at radius 3 is 2.25 bits per heavy atom. The van der Waals surface area contributed by atoms with Gasteiger partial charge in [-0.05, 0) is 90.1 Å². The van der Waals surface area contributed by atoms with Crippen LogP contribution in [0.2, 0.25) is 0 Å². The Morgan fingerprint density at radius 2 is 1.62 bits per heavy atom. The maximum absolute atomic E-state index is 13.6. The van der Waals surface area contributed by atoms with Crippen LogP contribution in [0.1, 0.15) is 98.5 Å². The van der Waals surface area contributed by atoms with Gasteiger partial charge in [-0.15, -0.1) is 0 Å². The van der Waals surface area contributed by atoms with E-state index in [9.17, 15) is 4.79 Å². The molecule has 2 atom stereocenters. The zero-order valence-electron chi connectivity index (χ0n) is 25.2. The smallest absolute Gasteiger partial charge is 0.251 e. The molecule has 2 unspecified atom stereocenters. The van der Waals surface area contributed by atoms with Gasteiger partial charge in [0.15, 0.2) is 0 Å². The molecule has 1 fully saturated rings. The number of amides is 1. The number of likely N-dealkylation sites (tertiary alicyclic amines) is 1. The van der Waals surface area contributed by atoms with Crippen molar-refractivity contribution in [1.82, 2.24) is 10.2 Å². The molecule has 0 bridgehead atoms. The molecule has 214 valence electrons. The van der Waals surface area contributed by atoms with Crippen molar-refractivity contribution in [2.45, 2.75) is 84.2 Å². The zero-order valence-corrected chi connectivity index (χ0v) is 25.2. The second-order valence-corrected chi connectivity index (χ2v) is 12.5. The molecule has 0 radical (unpaired) electrons. The summed E-state index contributed by atoms with van der Waals surface area (Å²) in [6.45, 7) is 11.9. The van der Waals surface area contributed by atoms with Crippen molar-refractivity contribution in [2.24, 2.45) is 5.92 Å². The lowest BCUT2D eigenvalue weighted by Crippen LogP contribution is -2.42. The van der Waals surface area contributed by atoms with Gasteiger partial charge in [-0.25, -0.2) is 0 Å². The summed E-state index contributed by atoms with van der Waals surface area (Å²) >= 11 is 0. The number of carbonyl (C=O) groups excluding carboxylic acids is 1. The highest BCUT2D eigenvalue weighted by Gasteiger charge is 2.30. The van der Waals surface area contributed by atoms with Crippen LogP contribution in [0.15, 0.2) is 72.8 Å². The van der Waals surface area contributed by atoms with E-state index in [4.69, 9.17) is 4.74 Å². The van der Waals surface area contributed by atoms with Gasteiger partial charge in [-0.1, -0.05) is 89.1 Å². The fourth-order valence-electron chi connectivity index (χ4n) is 5.79. The van der Waals surface area contributed by atoms with Crippen LogP contribution in [0.5, 0.6) is 5.75 Å². The Hall–Kier alpha value is -3.11. The van der Waals surface area contributed by atoms with E-state index in [1.807, 2.05) is 24.3 Å². The van der Waals surface area contributed by atoms with Crippen LogP contribution >= 0.6 is 0 Å². The summed E-state index contributed by atoms with van der Waals surface area (Å²) in [5.74, 6) is 1.23. The van der Waals surface area contributed by atoms with Crippen molar-refractivity contribution in [3.63, 3.8) is 0 Å². The van der Waals surface area contributed by atoms with Gasteiger partial charge in [0.1, 0.15) is 5.75 Å².